The lowest BCUT2D eigenvalue weighted by atomic mass is 10.2. The molecule has 0 saturated carbocycles. The fraction of sp³-hybridized carbons (Fsp3) is 0.553. The molecule has 4 aliphatic heterocycles. The van der Waals surface area contributed by atoms with Gasteiger partial charge in [-0.2, -0.15) is 9.97 Å². The molecule has 0 amide bonds. The van der Waals surface area contributed by atoms with Crippen LogP contribution in [0.15, 0.2) is 62.6 Å². The number of hydrogen-bond donors (Lipinski definition) is 9. The molecule has 5 aromatic rings. The second-order valence-corrected chi connectivity index (χ2v) is 26.0. The molecule has 0 radical (unpaired) electrons. The van der Waals surface area contributed by atoms with Gasteiger partial charge >= 0.3 is 37.3 Å². The number of rotatable bonds is 20. The number of nitrogens with one attached hydrogen (secondary N) is 1. The predicted molar refractivity (Wildman–Crippen MR) is 271 cm³/mol. The molecule has 0 bridgehead atoms. The van der Waals surface area contributed by atoms with Crippen molar-refractivity contribution in [3.05, 3.63) is 90.7 Å². The van der Waals surface area contributed by atoms with E-state index < -0.39 is 143 Å². The summed E-state index contributed by atoms with van der Waals surface area (Å²) >= 11 is 14.9. The third-order valence-electron chi connectivity index (χ3n) is 12.4. The molecule has 76 heavy (non-hydrogen) atoms. The number of aliphatic hydroxyl groups excluding tert-OH is 2. The molecule has 4 fully saturated rings. The first-order valence-corrected chi connectivity index (χ1v) is 30.7. The third-order valence-corrected chi connectivity index (χ3v) is 17.2. The summed E-state index contributed by atoms with van der Waals surface area (Å²) in [6, 6.07) is 2.70. The molecular weight excluding hydrogens is 1130 g/mol. The van der Waals surface area contributed by atoms with Crippen LogP contribution in [0.1, 0.15) is 56.2 Å². The number of fused-ring (bicyclic) bond motifs is 1. The highest BCUT2D eigenvalue weighted by molar-refractivity contribution is 8.44. The maximum atomic E-state index is 14.2. The van der Waals surface area contributed by atoms with Crippen molar-refractivity contribution in [1.82, 2.24) is 48.2 Å². The maximum Gasteiger partial charge on any atom is 0.386 e. The minimum absolute atomic E-state index is 0.0189. The highest BCUT2D eigenvalue weighted by Crippen LogP contribution is 2.58. The Morgan fingerprint density at radius 2 is 1.22 bits per heavy atom. The summed E-state index contributed by atoms with van der Waals surface area (Å²) in [5.41, 5.74) is 15.0. The molecule has 4 saturated heterocycles. The first-order chi connectivity index (χ1) is 35.9. The van der Waals surface area contributed by atoms with Gasteiger partial charge in [0.25, 0.3) is 5.56 Å². The minimum Gasteiger partial charge on any atom is -0.394 e. The van der Waals surface area contributed by atoms with E-state index in [4.69, 9.17) is 86.9 Å². The molecule has 38 heteroatoms. The average Bonchev–Trinajstić information content (AvgIpc) is 4.21. The normalized spacial score (nSPS) is 30.1. The first kappa shape index (κ1) is 56.4. The number of nitrogen functional groups attached to an aromatic ring is 3. The molecule has 7 unspecified atom stereocenters. The number of nitrogens with two attached hydrogens (primary N) is 3. The number of ether oxygens (including phenoxy) is 4. The van der Waals surface area contributed by atoms with E-state index >= 15 is 0 Å². The number of hydrogen-bond acceptors (Lipinski definition) is 27. The van der Waals surface area contributed by atoms with Crippen LogP contribution in [0, 0.1) is 6.92 Å². The number of aromatic amines is 1. The summed E-state index contributed by atoms with van der Waals surface area (Å²) in [6.07, 6.45) is -7.52. The Bertz CT molecular complexity index is 3350. The highest BCUT2D eigenvalue weighted by atomic mass is 32.7. The Morgan fingerprint density at radius 3 is 1.82 bits per heavy atom. The maximum absolute atomic E-state index is 14.2. The molecule has 4 aliphatic rings. The third kappa shape index (κ3) is 12.9. The number of aryl methyl sites for hydroxylation is 1. The largest absolute Gasteiger partial charge is 0.394 e. The monoisotopic (exact) mass is 1180 g/mol. The van der Waals surface area contributed by atoms with Crippen molar-refractivity contribution in [2.24, 2.45) is 0 Å². The molecule has 9 rings (SSSR count). The zero-order valence-corrected chi connectivity index (χ0v) is 44.6. The van der Waals surface area contributed by atoms with E-state index in [0.29, 0.717) is 11.2 Å². The van der Waals surface area contributed by atoms with Crippen molar-refractivity contribution in [1.29, 1.82) is 0 Å². The molecule has 0 aliphatic carbocycles. The van der Waals surface area contributed by atoms with Crippen molar-refractivity contribution >= 4 is 84.7 Å². The number of anilines is 3. The van der Waals surface area contributed by atoms with Gasteiger partial charge in [-0.05, 0) is 42.7 Å². The van der Waals surface area contributed by atoms with Gasteiger partial charge in [0.15, 0.2) is 11.5 Å². The molecule has 414 valence electrons. The van der Waals surface area contributed by atoms with E-state index in [2.05, 4.69) is 42.2 Å². The van der Waals surface area contributed by atoms with E-state index in [1.165, 1.54) is 50.3 Å². The van der Waals surface area contributed by atoms with Crippen molar-refractivity contribution < 1.29 is 70.7 Å². The SMILES string of the molecule is Cc1cn([C@H]2CC(OP(O)(=S)OC[C@H]3O[C@@H](n4ccc(N)nc4=O)CC3O)[C@@H](COP(=O)(S)OC3C[C@H](n4ccc(N)nc4=O)O[C@@H]3COP(O)(=S)OC3C[C@H](n4cnc5c(N)ncnc54)O[C@@H]3CO)O2)c(=O)[nH]c1=O. The van der Waals surface area contributed by atoms with Crippen LogP contribution >= 0.6 is 32.5 Å². The molecule has 11 N–H and O–H groups in total. The lowest BCUT2D eigenvalue weighted by molar-refractivity contribution is -0.0554. The summed E-state index contributed by atoms with van der Waals surface area (Å²) < 4.78 is 77.8. The van der Waals surface area contributed by atoms with Gasteiger partial charge in [-0.25, -0.2) is 33.9 Å². The lowest BCUT2D eigenvalue weighted by Crippen LogP contribution is -2.33. The molecule has 5 aromatic heterocycles. The smallest absolute Gasteiger partial charge is 0.386 e. The average molecular weight is 1180 g/mol. The van der Waals surface area contributed by atoms with Crippen LogP contribution in [0.3, 0.4) is 0 Å². The second-order valence-electron chi connectivity index (χ2n) is 17.6. The van der Waals surface area contributed by atoms with Crippen LogP contribution in [-0.2, 0) is 74.3 Å². The van der Waals surface area contributed by atoms with Gasteiger partial charge in [0.1, 0.15) is 78.9 Å². The quantitative estimate of drug-likeness (QED) is 0.0338. The van der Waals surface area contributed by atoms with E-state index in [9.17, 15) is 43.7 Å². The van der Waals surface area contributed by atoms with Crippen LogP contribution in [0.2, 0.25) is 0 Å². The van der Waals surface area contributed by atoms with Crippen LogP contribution < -0.4 is 39.8 Å². The Morgan fingerprint density at radius 1 is 0.724 bits per heavy atom. The molecule has 0 aromatic carbocycles. The summed E-state index contributed by atoms with van der Waals surface area (Å²) in [4.78, 5) is 95.2. The molecule has 9 heterocycles. The molecule has 0 spiro atoms. The van der Waals surface area contributed by atoms with E-state index in [1.807, 2.05) is 0 Å². The van der Waals surface area contributed by atoms with Gasteiger partial charge in [0, 0.05) is 49.8 Å². The van der Waals surface area contributed by atoms with Gasteiger partial charge in [0.2, 0.25) is 0 Å². The van der Waals surface area contributed by atoms with Crippen molar-refractivity contribution in [2.45, 2.75) is 106 Å². The molecular formula is C38H50N13O19P3S3. The van der Waals surface area contributed by atoms with Gasteiger partial charge in [0.05, 0.1) is 51.1 Å². The number of aromatic nitrogens is 10. The number of aliphatic hydroxyl groups is 2. The van der Waals surface area contributed by atoms with Crippen LogP contribution in [0.25, 0.3) is 11.2 Å². The summed E-state index contributed by atoms with van der Waals surface area (Å²) in [5, 5.41) is 20.9. The Balaban J connectivity index is 0.875. The van der Waals surface area contributed by atoms with Crippen LogP contribution in [0.5, 0.6) is 0 Å². The predicted octanol–water partition coefficient (Wildman–Crippen LogP) is -0.875. The summed E-state index contributed by atoms with van der Waals surface area (Å²) in [7, 11) is 0. The van der Waals surface area contributed by atoms with E-state index in [1.54, 1.807) is 4.57 Å². The molecule has 15 atom stereocenters. The second kappa shape index (κ2) is 22.8. The van der Waals surface area contributed by atoms with Gasteiger partial charge in [-0.15, -0.1) is 0 Å². The first-order valence-electron chi connectivity index (χ1n) is 22.8. The number of nitrogens with zero attached hydrogens (tertiary/aromatic N) is 9. The van der Waals surface area contributed by atoms with Crippen molar-refractivity contribution in [3.63, 3.8) is 0 Å². The van der Waals surface area contributed by atoms with Crippen LogP contribution in [0.4, 0.5) is 17.5 Å². The van der Waals surface area contributed by atoms with Gasteiger partial charge in [-0.1, -0.05) is 12.2 Å². The lowest BCUT2D eigenvalue weighted by Gasteiger charge is -2.27. The topological polar surface area (TPSA) is 437 Å². The standard InChI is InChI=1S/C38H50N13O19P3S3/c1-17-10-50(38(57)47-35(17)54)30-9-21(70-71(58,74)61-12-23-18(53)6-28(65-23)48-4-2-26(39)45-36(48)55)25(67-30)14-63-73(60,76)69-20-8-29(49-5-3-27(40)46-37(49)56)66-24(20)13-62-72(59,75)68-19-7-31(64-22(19)11-52)51-16-44-32-33(41)42-15-43-34(32)51/h2-5,10,15-16,18-25,28-31,52-53H,6-9,11-14H2,1H3,(H,58,74)(H,59,75)(H,60,76)(H2,39,45,55)(H2,40,46,56)(H2,41,42,43)(H,47,54,57)/t18?,19?,20?,21?,22-,23-,24-,25-,28-,29-,30-,31-,71?,72?,73?/m1/s1. The number of imidazole rings is 1. The van der Waals surface area contributed by atoms with E-state index in [-0.39, 0.29) is 48.7 Å². The van der Waals surface area contributed by atoms with Gasteiger partial charge < -0.3 is 74.2 Å². The number of H-pyrrole nitrogens is 1. The highest BCUT2D eigenvalue weighted by Gasteiger charge is 2.47. The zero-order valence-electron chi connectivity index (χ0n) is 39.4. The Labute approximate surface area is 442 Å². The fourth-order valence-corrected chi connectivity index (χ4v) is 13.2. The summed E-state index contributed by atoms with van der Waals surface area (Å²) in [6.45, 7) is -14.0. The van der Waals surface area contributed by atoms with Crippen molar-refractivity contribution in [3.8, 4) is 0 Å². The summed E-state index contributed by atoms with van der Waals surface area (Å²) in [5.74, 6) is 0.0309. The van der Waals surface area contributed by atoms with E-state index in [0.717, 1.165) is 13.7 Å². The minimum atomic E-state index is -4.57. The number of thiol groups is 1. The van der Waals surface area contributed by atoms with Crippen LogP contribution in [-0.4, -0.2) is 143 Å². The van der Waals surface area contributed by atoms with Gasteiger partial charge in [-0.3, -0.25) is 37.1 Å². The van der Waals surface area contributed by atoms with Crippen molar-refractivity contribution in [2.75, 3.05) is 43.6 Å². The molecule has 32 nitrogen and oxygen atoms in total. The zero-order chi connectivity index (χ0) is 54.4. The Kier molecular flexibility index (Phi) is 16.9. The Hall–Kier alpha value is -4.29. The fourth-order valence-electron chi connectivity index (χ4n) is 8.72.